The van der Waals surface area contributed by atoms with Crippen LogP contribution >= 0.6 is 0 Å². The van der Waals surface area contributed by atoms with Crippen LogP contribution in [0.25, 0.3) is 0 Å². The molecule has 1 aromatic carbocycles. The molecule has 1 amide bonds. The highest BCUT2D eigenvalue weighted by molar-refractivity contribution is 5.78. The summed E-state index contributed by atoms with van der Waals surface area (Å²) in [6.45, 7) is 0.974. The monoisotopic (exact) mass is 252 g/mol. The Morgan fingerprint density at radius 3 is 3.00 bits per heavy atom. The predicted molar refractivity (Wildman–Crippen MR) is 66.1 cm³/mol. The van der Waals surface area contributed by atoms with Gasteiger partial charge in [0.25, 0.3) is 0 Å². The Morgan fingerprint density at radius 2 is 2.33 bits per heavy atom. The number of carbonyl (C=O) groups excluding carboxylic acids is 1. The summed E-state index contributed by atoms with van der Waals surface area (Å²) in [5, 5.41) is 5.95. The average molecular weight is 252 g/mol. The number of aryl methyl sites for hydroxylation is 1. The molecule has 18 heavy (non-hydrogen) atoms. The molecular weight excluding hydrogens is 235 g/mol. The number of amides is 1. The van der Waals surface area contributed by atoms with Crippen LogP contribution in [0.15, 0.2) is 18.2 Å². The molecule has 2 N–H and O–H groups in total. The average Bonchev–Trinajstić information content (AvgIpc) is 2.38. The lowest BCUT2D eigenvalue weighted by Crippen LogP contribution is -2.51. The van der Waals surface area contributed by atoms with Crippen LogP contribution in [-0.2, 0) is 11.2 Å². The van der Waals surface area contributed by atoms with Crippen LogP contribution in [0.2, 0.25) is 0 Å². The van der Waals surface area contributed by atoms with Gasteiger partial charge < -0.3 is 15.4 Å². The highest BCUT2D eigenvalue weighted by Crippen LogP contribution is 2.21. The van der Waals surface area contributed by atoms with E-state index in [9.17, 15) is 9.18 Å². The van der Waals surface area contributed by atoms with E-state index in [-0.39, 0.29) is 17.8 Å². The number of methoxy groups -OCH3 is 1. The molecule has 1 fully saturated rings. The number of piperazine rings is 1. The van der Waals surface area contributed by atoms with Gasteiger partial charge in [-0.2, -0.15) is 0 Å². The Labute approximate surface area is 106 Å². The van der Waals surface area contributed by atoms with Crippen molar-refractivity contribution in [2.75, 3.05) is 20.2 Å². The third-order valence-corrected chi connectivity index (χ3v) is 3.10. The Balaban J connectivity index is 1.93. The number of rotatable bonds is 4. The lowest BCUT2D eigenvalue weighted by molar-refractivity contribution is -0.121. The molecule has 1 heterocycles. The number of halogens is 1. The van der Waals surface area contributed by atoms with Gasteiger partial charge in [-0.1, -0.05) is 0 Å². The Kier molecular flexibility index (Phi) is 4.15. The molecule has 98 valence electrons. The van der Waals surface area contributed by atoms with Crippen molar-refractivity contribution in [3.05, 3.63) is 29.6 Å². The fourth-order valence-corrected chi connectivity index (χ4v) is 2.09. The minimum Gasteiger partial charge on any atom is -0.496 e. The molecule has 2 rings (SSSR count). The van der Waals surface area contributed by atoms with E-state index in [1.807, 2.05) is 0 Å². The maximum absolute atomic E-state index is 13.2. The lowest BCUT2D eigenvalue weighted by atomic mass is 10.0. The van der Waals surface area contributed by atoms with E-state index in [4.69, 9.17) is 4.74 Å². The minimum atomic E-state index is -0.254. The van der Waals surface area contributed by atoms with Crippen LogP contribution in [0.3, 0.4) is 0 Å². The molecule has 0 spiro atoms. The van der Waals surface area contributed by atoms with Crippen molar-refractivity contribution < 1.29 is 13.9 Å². The van der Waals surface area contributed by atoms with E-state index < -0.39 is 0 Å². The van der Waals surface area contributed by atoms with E-state index in [1.165, 1.54) is 12.1 Å². The molecule has 0 aromatic heterocycles. The van der Waals surface area contributed by atoms with Gasteiger partial charge in [0.1, 0.15) is 11.6 Å². The molecule has 0 radical (unpaired) electrons. The second-order valence-corrected chi connectivity index (χ2v) is 4.38. The summed E-state index contributed by atoms with van der Waals surface area (Å²) in [4.78, 5) is 11.0. The Hall–Kier alpha value is -1.62. The smallest absolute Gasteiger partial charge is 0.234 e. The number of ether oxygens (including phenoxy) is 1. The lowest BCUT2D eigenvalue weighted by Gasteiger charge is -2.24. The van der Waals surface area contributed by atoms with Crippen molar-refractivity contribution in [2.45, 2.75) is 18.9 Å². The SMILES string of the molecule is COc1ccc(F)cc1CCC1CNC(=O)CN1. The zero-order chi connectivity index (χ0) is 13.0. The fourth-order valence-electron chi connectivity index (χ4n) is 2.09. The van der Waals surface area contributed by atoms with Gasteiger partial charge in [0.05, 0.1) is 13.7 Å². The van der Waals surface area contributed by atoms with Gasteiger partial charge in [-0.15, -0.1) is 0 Å². The van der Waals surface area contributed by atoms with Gasteiger partial charge in [-0.05, 0) is 36.6 Å². The van der Waals surface area contributed by atoms with Crippen molar-refractivity contribution >= 4 is 5.91 Å². The maximum atomic E-state index is 13.2. The normalized spacial score (nSPS) is 19.4. The molecule has 1 saturated heterocycles. The van der Waals surface area contributed by atoms with Crippen LogP contribution in [0, 0.1) is 5.82 Å². The molecule has 0 bridgehead atoms. The molecule has 1 unspecified atom stereocenters. The highest BCUT2D eigenvalue weighted by Gasteiger charge is 2.17. The van der Waals surface area contributed by atoms with Crippen LogP contribution in [-0.4, -0.2) is 32.1 Å². The summed E-state index contributed by atoms with van der Waals surface area (Å²) in [6, 6.07) is 4.76. The molecule has 1 aliphatic rings. The molecule has 1 aromatic rings. The van der Waals surface area contributed by atoms with E-state index in [0.29, 0.717) is 25.3 Å². The first-order valence-electron chi connectivity index (χ1n) is 6.01. The van der Waals surface area contributed by atoms with Gasteiger partial charge in [0.2, 0.25) is 5.91 Å². The van der Waals surface area contributed by atoms with Crippen LogP contribution < -0.4 is 15.4 Å². The highest BCUT2D eigenvalue weighted by atomic mass is 19.1. The minimum absolute atomic E-state index is 0.0228. The molecule has 1 aliphatic heterocycles. The zero-order valence-corrected chi connectivity index (χ0v) is 10.3. The van der Waals surface area contributed by atoms with Gasteiger partial charge in [0, 0.05) is 12.6 Å². The van der Waals surface area contributed by atoms with Crippen LogP contribution in [0.4, 0.5) is 4.39 Å². The number of benzene rings is 1. The largest absolute Gasteiger partial charge is 0.496 e. The van der Waals surface area contributed by atoms with E-state index in [0.717, 1.165) is 12.0 Å². The predicted octanol–water partition coefficient (Wildman–Crippen LogP) is 0.855. The van der Waals surface area contributed by atoms with Crippen molar-refractivity contribution in [1.82, 2.24) is 10.6 Å². The Morgan fingerprint density at radius 1 is 1.50 bits per heavy atom. The summed E-state index contributed by atoms with van der Waals surface area (Å²) in [7, 11) is 1.58. The van der Waals surface area contributed by atoms with Crippen molar-refractivity contribution in [1.29, 1.82) is 0 Å². The van der Waals surface area contributed by atoms with Gasteiger partial charge >= 0.3 is 0 Å². The van der Waals surface area contributed by atoms with Crippen LogP contribution in [0.5, 0.6) is 5.75 Å². The number of hydrogen-bond acceptors (Lipinski definition) is 3. The van der Waals surface area contributed by atoms with E-state index in [1.54, 1.807) is 13.2 Å². The maximum Gasteiger partial charge on any atom is 0.234 e. The third-order valence-electron chi connectivity index (χ3n) is 3.10. The van der Waals surface area contributed by atoms with Crippen LogP contribution in [0.1, 0.15) is 12.0 Å². The van der Waals surface area contributed by atoms with Gasteiger partial charge in [0.15, 0.2) is 0 Å². The van der Waals surface area contributed by atoms with Gasteiger partial charge in [-0.25, -0.2) is 4.39 Å². The Bertz CT molecular complexity index is 427. The fraction of sp³-hybridized carbons (Fsp3) is 0.462. The molecule has 0 aliphatic carbocycles. The van der Waals surface area contributed by atoms with Crippen molar-refractivity contribution in [3.63, 3.8) is 0 Å². The summed E-state index contributed by atoms with van der Waals surface area (Å²) in [5.74, 6) is 0.474. The summed E-state index contributed by atoms with van der Waals surface area (Å²) >= 11 is 0. The molecule has 1 atom stereocenters. The molecule has 0 saturated carbocycles. The first kappa shape index (κ1) is 12.8. The molecule has 4 nitrogen and oxygen atoms in total. The zero-order valence-electron chi connectivity index (χ0n) is 10.3. The van der Waals surface area contributed by atoms with E-state index >= 15 is 0 Å². The number of nitrogens with one attached hydrogen (secondary N) is 2. The first-order valence-corrected chi connectivity index (χ1v) is 6.01. The summed E-state index contributed by atoms with van der Waals surface area (Å²) in [5.41, 5.74) is 0.858. The van der Waals surface area contributed by atoms with E-state index in [2.05, 4.69) is 10.6 Å². The quantitative estimate of drug-likeness (QED) is 0.835. The second kappa shape index (κ2) is 5.82. The summed E-state index contributed by atoms with van der Waals surface area (Å²) < 4.78 is 18.4. The third kappa shape index (κ3) is 3.20. The standard InChI is InChI=1S/C13H17FN2O2/c1-18-12-5-3-10(14)6-9(12)2-4-11-7-16-13(17)8-15-11/h3,5-6,11,15H,2,4,7-8H2,1H3,(H,16,17). The summed E-state index contributed by atoms with van der Waals surface area (Å²) in [6.07, 6.45) is 1.55. The molecule has 5 heteroatoms. The first-order chi connectivity index (χ1) is 8.69. The second-order valence-electron chi connectivity index (χ2n) is 4.38. The van der Waals surface area contributed by atoms with Crippen molar-refractivity contribution in [2.24, 2.45) is 0 Å². The number of hydrogen-bond donors (Lipinski definition) is 2. The molecular formula is C13H17FN2O2. The number of carbonyl (C=O) groups is 1. The topological polar surface area (TPSA) is 50.4 Å². The van der Waals surface area contributed by atoms with Crippen molar-refractivity contribution in [3.8, 4) is 5.75 Å². The van der Waals surface area contributed by atoms with Gasteiger partial charge in [-0.3, -0.25) is 4.79 Å².